The quantitative estimate of drug-likeness (QED) is 0.103. The molecule has 9 N–H and O–H groups in total. The van der Waals surface area contributed by atoms with Gasteiger partial charge in [-0.2, -0.15) is 0 Å². The number of amidine groups is 2. The predicted octanol–water partition coefficient (Wildman–Crippen LogP) is -0.634. The number of methoxy groups -OCH3 is 1. The lowest BCUT2D eigenvalue weighted by atomic mass is 10.2. The van der Waals surface area contributed by atoms with Gasteiger partial charge in [-0.1, -0.05) is 0 Å². The molecule has 9 nitrogen and oxygen atoms in total. The second kappa shape index (κ2) is 10.0. The summed E-state index contributed by atoms with van der Waals surface area (Å²) in [6, 6.07) is 0. The standard InChI is InChI=1S/C12H21N7O2/c1-21-10(20)3-2-4-18-7-9(14)8(5-13)6-19-12(17)11(15)16/h5-7,13,18H,2-4,14H2,1H3,(H3,15,16)(H2,17,19)/b8-6+,9-7-,13-5?. The van der Waals surface area contributed by atoms with Gasteiger partial charge in [0.15, 0.2) is 11.7 Å². The molecule has 116 valence electrons. The van der Waals surface area contributed by atoms with Crippen LogP contribution < -0.4 is 22.1 Å². The summed E-state index contributed by atoms with van der Waals surface area (Å²) >= 11 is 0. The average Bonchev–Trinajstić information content (AvgIpc) is 2.46. The smallest absolute Gasteiger partial charge is 0.305 e. The van der Waals surface area contributed by atoms with Crippen molar-refractivity contribution in [2.45, 2.75) is 12.8 Å². The number of nitrogens with two attached hydrogens (primary N) is 2. The molecule has 0 amide bonds. The highest BCUT2D eigenvalue weighted by Crippen LogP contribution is 1.98. The maximum absolute atomic E-state index is 10.9. The van der Waals surface area contributed by atoms with Crippen molar-refractivity contribution in [1.29, 1.82) is 16.2 Å². The summed E-state index contributed by atoms with van der Waals surface area (Å²) in [5.74, 6) is -0.979. The normalized spacial score (nSPS) is 11.5. The van der Waals surface area contributed by atoms with E-state index < -0.39 is 5.84 Å². The van der Waals surface area contributed by atoms with Gasteiger partial charge < -0.3 is 32.2 Å². The Balaban J connectivity index is 4.34. The molecule has 0 heterocycles. The van der Waals surface area contributed by atoms with Crippen LogP contribution in [0.25, 0.3) is 0 Å². The highest BCUT2D eigenvalue weighted by molar-refractivity contribution is 6.37. The second-order valence-electron chi connectivity index (χ2n) is 3.91. The molecule has 0 aliphatic rings. The van der Waals surface area contributed by atoms with E-state index in [1.165, 1.54) is 19.5 Å². The number of nitrogens with one attached hydrogen (secondary N) is 5. The van der Waals surface area contributed by atoms with Crippen LogP contribution >= 0.6 is 0 Å². The van der Waals surface area contributed by atoms with Crippen molar-refractivity contribution < 1.29 is 9.53 Å². The molecular formula is C12H21N7O2. The molecule has 0 unspecified atom stereocenters. The van der Waals surface area contributed by atoms with Gasteiger partial charge in [0, 0.05) is 37.2 Å². The average molecular weight is 295 g/mol. The summed E-state index contributed by atoms with van der Waals surface area (Å²) in [6.45, 7) is 0.526. The summed E-state index contributed by atoms with van der Waals surface area (Å²) < 4.78 is 4.51. The van der Waals surface area contributed by atoms with Crippen molar-refractivity contribution in [3.63, 3.8) is 0 Å². The number of carbonyl (C=O) groups excluding carboxylic acids is 1. The van der Waals surface area contributed by atoms with E-state index in [9.17, 15) is 4.79 Å². The maximum atomic E-state index is 10.9. The third kappa shape index (κ3) is 8.03. The summed E-state index contributed by atoms with van der Waals surface area (Å²) in [5, 5.41) is 26.9. The lowest BCUT2D eigenvalue weighted by Crippen LogP contribution is -2.32. The molecule has 0 atom stereocenters. The number of carbonyl (C=O) groups is 1. The maximum Gasteiger partial charge on any atom is 0.305 e. The van der Waals surface area contributed by atoms with E-state index in [2.05, 4.69) is 15.4 Å². The first-order chi connectivity index (χ1) is 9.92. The van der Waals surface area contributed by atoms with E-state index in [1.807, 2.05) is 0 Å². The van der Waals surface area contributed by atoms with E-state index in [-0.39, 0.29) is 17.5 Å². The molecule has 0 aliphatic carbocycles. The fourth-order valence-electron chi connectivity index (χ4n) is 1.14. The van der Waals surface area contributed by atoms with Crippen molar-refractivity contribution in [3.8, 4) is 0 Å². The van der Waals surface area contributed by atoms with Crippen LogP contribution in [0, 0.1) is 16.2 Å². The molecule has 0 fully saturated rings. The molecule has 0 spiro atoms. The summed E-state index contributed by atoms with van der Waals surface area (Å²) in [4.78, 5) is 10.9. The summed E-state index contributed by atoms with van der Waals surface area (Å²) in [5.41, 5.74) is 11.4. The monoisotopic (exact) mass is 295 g/mol. The van der Waals surface area contributed by atoms with Gasteiger partial charge in [0.05, 0.1) is 12.8 Å². The van der Waals surface area contributed by atoms with Crippen molar-refractivity contribution >= 4 is 23.9 Å². The van der Waals surface area contributed by atoms with Gasteiger partial charge in [0.2, 0.25) is 0 Å². The van der Waals surface area contributed by atoms with Crippen LogP contribution in [0.4, 0.5) is 0 Å². The lowest BCUT2D eigenvalue weighted by Gasteiger charge is -2.06. The minimum absolute atomic E-state index is 0.270. The third-order valence-electron chi connectivity index (χ3n) is 2.32. The molecule has 0 aromatic heterocycles. The first kappa shape index (κ1) is 18.2. The number of rotatable bonds is 8. The molecule has 0 aromatic rings. The molecule has 0 rings (SSSR count). The van der Waals surface area contributed by atoms with Gasteiger partial charge >= 0.3 is 5.97 Å². The molecule has 0 saturated carbocycles. The molecule has 0 aromatic carbocycles. The Morgan fingerprint density at radius 3 is 2.48 bits per heavy atom. The lowest BCUT2D eigenvalue weighted by molar-refractivity contribution is -0.140. The Hall–Kier alpha value is -2.84. The fourth-order valence-corrected chi connectivity index (χ4v) is 1.14. The van der Waals surface area contributed by atoms with Crippen molar-refractivity contribution in [1.82, 2.24) is 10.6 Å². The topological polar surface area (TPSA) is 174 Å². The number of ether oxygens (including phenoxy) is 1. The van der Waals surface area contributed by atoms with Gasteiger partial charge in [0.1, 0.15) is 0 Å². The SMILES string of the molecule is COC(=O)CCCN/C=C(N)/C(C=N)=C/NC(=N)C(=N)N. The molecule has 9 heteroatoms. The molecule has 0 radical (unpaired) electrons. The Morgan fingerprint density at radius 1 is 1.29 bits per heavy atom. The van der Waals surface area contributed by atoms with E-state index in [0.717, 1.165) is 6.21 Å². The van der Waals surface area contributed by atoms with Crippen LogP contribution in [0.2, 0.25) is 0 Å². The summed E-state index contributed by atoms with van der Waals surface area (Å²) in [7, 11) is 1.33. The van der Waals surface area contributed by atoms with Gasteiger partial charge in [-0.3, -0.25) is 15.6 Å². The van der Waals surface area contributed by atoms with Gasteiger partial charge in [-0.25, -0.2) is 0 Å². The van der Waals surface area contributed by atoms with E-state index >= 15 is 0 Å². The minimum Gasteiger partial charge on any atom is -0.469 e. The largest absolute Gasteiger partial charge is 0.469 e. The van der Waals surface area contributed by atoms with Crippen LogP contribution in [-0.2, 0) is 9.53 Å². The molecule has 0 aliphatic heterocycles. The number of esters is 1. The third-order valence-corrected chi connectivity index (χ3v) is 2.32. The second-order valence-corrected chi connectivity index (χ2v) is 3.91. The van der Waals surface area contributed by atoms with Crippen LogP contribution in [-0.4, -0.2) is 37.5 Å². The molecule has 0 bridgehead atoms. The Labute approximate surface area is 122 Å². The predicted molar refractivity (Wildman–Crippen MR) is 81.2 cm³/mol. The highest BCUT2D eigenvalue weighted by atomic mass is 16.5. The van der Waals surface area contributed by atoms with Gasteiger partial charge in [0.25, 0.3) is 0 Å². The number of hydrogen-bond donors (Lipinski definition) is 7. The first-order valence-corrected chi connectivity index (χ1v) is 6.08. The highest BCUT2D eigenvalue weighted by Gasteiger charge is 2.01. The zero-order valence-corrected chi connectivity index (χ0v) is 11.8. The van der Waals surface area contributed by atoms with Crippen molar-refractivity contribution in [2.24, 2.45) is 11.5 Å². The van der Waals surface area contributed by atoms with Crippen molar-refractivity contribution in [3.05, 3.63) is 23.7 Å². The number of hydrogen-bond acceptors (Lipinski definition) is 7. The van der Waals surface area contributed by atoms with Crippen molar-refractivity contribution in [2.75, 3.05) is 13.7 Å². The summed E-state index contributed by atoms with van der Waals surface area (Å²) in [6.07, 6.45) is 4.70. The zero-order chi connectivity index (χ0) is 16.3. The van der Waals surface area contributed by atoms with Crippen LogP contribution in [0.3, 0.4) is 0 Å². The van der Waals surface area contributed by atoms with Crippen LogP contribution in [0.1, 0.15) is 12.8 Å². The van der Waals surface area contributed by atoms with Crippen LogP contribution in [0.5, 0.6) is 0 Å². The Kier molecular flexibility index (Phi) is 8.65. The Bertz CT molecular complexity index is 468. The van der Waals surface area contributed by atoms with E-state index in [1.54, 1.807) is 0 Å². The Morgan fingerprint density at radius 2 is 1.95 bits per heavy atom. The molecular weight excluding hydrogens is 274 g/mol. The van der Waals surface area contributed by atoms with E-state index in [4.69, 9.17) is 27.7 Å². The molecule has 21 heavy (non-hydrogen) atoms. The molecule has 0 saturated heterocycles. The number of allylic oxidation sites excluding steroid dienone is 1. The minimum atomic E-state index is -0.418. The first-order valence-electron chi connectivity index (χ1n) is 6.08. The van der Waals surface area contributed by atoms with Gasteiger partial charge in [-0.15, -0.1) is 0 Å². The van der Waals surface area contributed by atoms with Gasteiger partial charge in [-0.05, 0) is 6.42 Å². The van der Waals surface area contributed by atoms with E-state index in [0.29, 0.717) is 25.0 Å². The zero-order valence-electron chi connectivity index (χ0n) is 11.8. The van der Waals surface area contributed by atoms with Crippen LogP contribution in [0.15, 0.2) is 23.7 Å². The fraction of sp³-hybridized carbons (Fsp3) is 0.333.